The molecule has 1 aromatic carbocycles. The molecular weight excluding hydrogens is 268 g/mol. The van der Waals surface area contributed by atoms with Gasteiger partial charge in [-0.2, -0.15) is 0 Å². The molecule has 0 saturated carbocycles. The Morgan fingerprint density at radius 1 is 1.38 bits per heavy atom. The minimum Gasteiger partial charge on any atom is -0.486 e. The normalized spacial score (nSPS) is 10.5. The maximum atomic E-state index is 8.34. The van der Waals surface area contributed by atoms with Crippen LogP contribution in [0.5, 0.6) is 0 Å². The molecule has 21 heavy (non-hydrogen) atoms. The van der Waals surface area contributed by atoms with Crippen LogP contribution in [0.4, 0.5) is 5.82 Å². The topological polar surface area (TPSA) is 88.2 Å². The molecule has 0 fully saturated rings. The second-order valence-corrected chi connectivity index (χ2v) is 4.30. The van der Waals surface area contributed by atoms with Gasteiger partial charge >= 0.3 is 0 Å². The molecule has 0 amide bonds. The summed E-state index contributed by atoms with van der Waals surface area (Å²) in [6.07, 6.45) is 3.65. The van der Waals surface area contributed by atoms with Crippen LogP contribution in [0.15, 0.2) is 46.8 Å². The number of methoxy groups -OCH3 is 1. The van der Waals surface area contributed by atoms with E-state index in [9.17, 15) is 0 Å². The van der Waals surface area contributed by atoms with Gasteiger partial charge in [0.15, 0.2) is 12.2 Å². The van der Waals surface area contributed by atoms with E-state index in [-0.39, 0.29) is 0 Å². The molecule has 2 rings (SSSR count). The van der Waals surface area contributed by atoms with E-state index in [0.717, 1.165) is 11.3 Å². The number of aliphatic imine (C=N–C) groups is 1. The van der Waals surface area contributed by atoms with E-state index in [1.54, 1.807) is 13.4 Å². The molecule has 1 heterocycles. The maximum Gasteiger partial charge on any atom is 0.175 e. The van der Waals surface area contributed by atoms with E-state index in [0.29, 0.717) is 25.3 Å². The molecule has 0 N–H and O–H groups in total. The van der Waals surface area contributed by atoms with Crippen LogP contribution >= 0.6 is 0 Å². The van der Waals surface area contributed by atoms with Gasteiger partial charge in [0.2, 0.25) is 0 Å². The van der Waals surface area contributed by atoms with Crippen molar-refractivity contribution < 1.29 is 4.74 Å². The van der Waals surface area contributed by atoms with Crippen molar-refractivity contribution in [1.29, 1.82) is 0 Å². The summed E-state index contributed by atoms with van der Waals surface area (Å²) in [5.74, 6) is 0.717. The molecule has 7 heteroatoms. The molecule has 0 spiro atoms. The van der Waals surface area contributed by atoms with E-state index in [4.69, 9.17) is 10.3 Å². The standard InChI is InChI=1S/C14H16N6O/c1-21-11-17-14-13(7-8-18-19-15)16-10-20(14)9-12-5-3-2-4-6-12/h2-6,10-11H,7-9H2,1H3/b17-11-. The van der Waals surface area contributed by atoms with E-state index in [1.807, 2.05) is 34.9 Å². The van der Waals surface area contributed by atoms with Crippen LogP contribution in [0.3, 0.4) is 0 Å². The number of azide groups is 1. The molecule has 0 saturated heterocycles. The first-order valence-corrected chi connectivity index (χ1v) is 6.49. The van der Waals surface area contributed by atoms with Crippen LogP contribution in [-0.2, 0) is 17.7 Å². The smallest absolute Gasteiger partial charge is 0.175 e. The predicted molar refractivity (Wildman–Crippen MR) is 80.6 cm³/mol. The highest BCUT2D eigenvalue weighted by atomic mass is 16.5. The molecule has 2 aromatic rings. The van der Waals surface area contributed by atoms with Crippen molar-refractivity contribution >= 4 is 12.2 Å². The second kappa shape index (κ2) is 7.72. The lowest BCUT2D eigenvalue weighted by Crippen LogP contribution is -1.98. The summed E-state index contributed by atoms with van der Waals surface area (Å²) in [6.45, 7) is 1.03. The average Bonchev–Trinajstić information content (AvgIpc) is 2.88. The SMILES string of the molecule is CO/C=N\c1c(CCN=[N+]=[N-])ncn1Cc1ccccc1. The number of rotatable bonds is 7. The number of nitrogens with zero attached hydrogens (tertiary/aromatic N) is 6. The first-order chi connectivity index (χ1) is 10.3. The molecule has 0 bridgehead atoms. The third-order valence-corrected chi connectivity index (χ3v) is 2.87. The van der Waals surface area contributed by atoms with E-state index >= 15 is 0 Å². The van der Waals surface area contributed by atoms with Gasteiger partial charge in [-0.15, -0.1) is 0 Å². The van der Waals surface area contributed by atoms with Crippen LogP contribution in [0.1, 0.15) is 11.3 Å². The second-order valence-electron chi connectivity index (χ2n) is 4.30. The highest BCUT2D eigenvalue weighted by Crippen LogP contribution is 2.20. The lowest BCUT2D eigenvalue weighted by Gasteiger charge is -2.06. The van der Waals surface area contributed by atoms with E-state index in [2.05, 4.69) is 20.0 Å². The quantitative estimate of drug-likeness (QED) is 0.257. The average molecular weight is 284 g/mol. The minimum atomic E-state index is 0.356. The molecule has 7 nitrogen and oxygen atoms in total. The van der Waals surface area contributed by atoms with Gasteiger partial charge in [0, 0.05) is 11.5 Å². The van der Waals surface area contributed by atoms with Gasteiger partial charge in [0.05, 0.1) is 25.7 Å². The van der Waals surface area contributed by atoms with Crippen molar-refractivity contribution in [2.24, 2.45) is 10.1 Å². The number of aromatic nitrogens is 2. The summed E-state index contributed by atoms with van der Waals surface area (Å²) in [7, 11) is 1.54. The summed E-state index contributed by atoms with van der Waals surface area (Å²) in [6, 6.07) is 10.1. The van der Waals surface area contributed by atoms with Crippen LogP contribution in [0, 0.1) is 0 Å². The fraction of sp³-hybridized carbons (Fsp3) is 0.286. The molecule has 0 aliphatic heterocycles. The molecular formula is C14H16N6O. The van der Waals surface area contributed by atoms with Crippen molar-refractivity contribution in [3.05, 3.63) is 58.4 Å². The van der Waals surface area contributed by atoms with Crippen LogP contribution in [0.25, 0.3) is 10.4 Å². The highest BCUT2D eigenvalue weighted by molar-refractivity contribution is 5.55. The Bertz CT molecular complexity index is 643. The number of imidazole rings is 1. The monoisotopic (exact) mass is 284 g/mol. The zero-order chi connectivity index (χ0) is 14.9. The van der Waals surface area contributed by atoms with Gasteiger partial charge in [0.25, 0.3) is 0 Å². The lowest BCUT2D eigenvalue weighted by molar-refractivity contribution is 0.422. The Morgan fingerprint density at radius 2 is 2.19 bits per heavy atom. The molecule has 0 atom stereocenters. The number of benzene rings is 1. The Hall–Kier alpha value is -2.79. The van der Waals surface area contributed by atoms with Gasteiger partial charge < -0.3 is 9.30 Å². The zero-order valence-corrected chi connectivity index (χ0v) is 11.8. The summed E-state index contributed by atoms with van der Waals surface area (Å²) >= 11 is 0. The number of ether oxygens (including phenoxy) is 1. The van der Waals surface area contributed by atoms with Crippen molar-refractivity contribution in [1.82, 2.24) is 9.55 Å². The van der Waals surface area contributed by atoms with Gasteiger partial charge in [-0.25, -0.2) is 9.98 Å². The minimum absolute atomic E-state index is 0.356. The summed E-state index contributed by atoms with van der Waals surface area (Å²) < 4.78 is 6.83. The molecule has 0 aliphatic rings. The van der Waals surface area contributed by atoms with Gasteiger partial charge in [-0.3, -0.25) is 0 Å². The van der Waals surface area contributed by atoms with Crippen LogP contribution < -0.4 is 0 Å². The molecule has 0 aliphatic carbocycles. The maximum absolute atomic E-state index is 8.34. The first kappa shape index (κ1) is 14.6. The predicted octanol–water partition coefficient (Wildman–Crippen LogP) is 3.09. The zero-order valence-electron chi connectivity index (χ0n) is 11.8. The van der Waals surface area contributed by atoms with Gasteiger partial charge in [-0.1, -0.05) is 35.4 Å². The largest absolute Gasteiger partial charge is 0.486 e. The summed E-state index contributed by atoms with van der Waals surface area (Å²) in [5, 5.41) is 3.53. The highest BCUT2D eigenvalue weighted by Gasteiger charge is 2.10. The number of hydrogen-bond acceptors (Lipinski definition) is 4. The molecule has 108 valence electrons. The Labute approximate surface area is 122 Å². The third-order valence-electron chi connectivity index (χ3n) is 2.87. The molecule has 0 unspecified atom stereocenters. The van der Waals surface area contributed by atoms with Crippen molar-refractivity contribution in [2.45, 2.75) is 13.0 Å². The fourth-order valence-electron chi connectivity index (χ4n) is 1.94. The molecule has 0 radical (unpaired) electrons. The van der Waals surface area contributed by atoms with Crippen LogP contribution in [-0.4, -0.2) is 29.6 Å². The Balaban J connectivity index is 2.23. The first-order valence-electron chi connectivity index (χ1n) is 6.49. The van der Waals surface area contributed by atoms with Crippen LogP contribution in [0.2, 0.25) is 0 Å². The van der Waals surface area contributed by atoms with E-state index in [1.165, 1.54) is 6.40 Å². The van der Waals surface area contributed by atoms with Crippen molar-refractivity contribution in [3.63, 3.8) is 0 Å². The van der Waals surface area contributed by atoms with E-state index < -0.39 is 0 Å². The van der Waals surface area contributed by atoms with Crippen molar-refractivity contribution in [2.75, 3.05) is 13.7 Å². The van der Waals surface area contributed by atoms with Crippen molar-refractivity contribution in [3.8, 4) is 0 Å². The fourth-order valence-corrected chi connectivity index (χ4v) is 1.94. The number of hydrogen-bond donors (Lipinski definition) is 0. The van der Waals surface area contributed by atoms with Gasteiger partial charge in [0.1, 0.15) is 0 Å². The Kier molecular flexibility index (Phi) is 5.37. The van der Waals surface area contributed by atoms with Gasteiger partial charge in [-0.05, 0) is 17.5 Å². The third kappa shape index (κ3) is 4.09. The summed E-state index contributed by atoms with van der Waals surface area (Å²) in [5.41, 5.74) is 10.3. The summed E-state index contributed by atoms with van der Waals surface area (Å²) in [4.78, 5) is 11.4. The molecule has 1 aromatic heterocycles. The Morgan fingerprint density at radius 3 is 2.90 bits per heavy atom. The lowest BCUT2D eigenvalue weighted by atomic mass is 10.2.